The zero-order valence-electron chi connectivity index (χ0n) is 11.5. The third-order valence-electron chi connectivity index (χ3n) is 3.52. The zero-order valence-corrected chi connectivity index (χ0v) is 12.3. The molecule has 1 unspecified atom stereocenters. The minimum atomic E-state index is 0.0503. The molecule has 0 bridgehead atoms. The number of aryl methyl sites for hydroxylation is 1. The Balaban J connectivity index is 1.79. The minimum Gasteiger partial charge on any atom is -0.355 e. The fourth-order valence-corrected chi connectivity index (χ4v) is 2.63. The molecule has 104 valence electrons. The molecule has 1 aliphatic rings. The van der Waals surface area contributed by atoms with Gasteiger partial charge in [-0.3, -0.25) is 4.79 Å². The number of nitrogens with one attached hydrogen (secondary N) is 2. The van der Waals surface area contributed by atoms with Gasteiger partial charge in [0.25, 0.3) is 0 Å². The maximum absolute atomic E-state index is 11.4. The summed E-state index contributed by atoms with van der Waals surface area (Å²) in [6.07, 6.45) is 2.18. The summed E-state index contributed by atoms with van der Waals surface area (Å²) in [6, 6.07) is 6.50. The van der Waals surface area contributed by atoms with Gasteiger partial charge in [0.05, 0.1) is 0 Å². The van der Waals surface area contributed by atoms with Crippen molar-refractivity contribution in [3.8, 4) is 0 Å². The Morgan fingerprint density at radius 1 is 1.42 bits per heavy atom. The first-order chi connectivity index (χ1) is 9.08. The molecular formula is C15H21ClN2O. The number of carbonyl (C=O) groups excluding carboxylic acids is 1. The van der Waals surface area contributed by atoms with Gasteiger partial charge in [-0.25, -0.2) is 0 Å². The monoisotopic (exact) mass is 280 g/mol. The normalized spacial score (nSPS) is 17.6. The van der Waals surface area contributed by atoms with Crippen LogP contribution < -0.4 is 10.6 Å². The van der Waals surface area contributed by atoms with E-state index in [0.717, 1.165) is 24.4 Å². The second-order valence-electron chi connectivity index (χ2n) is 5.33. The first-order valence-electron chi connectivity index (χ1n) is 6.87. The van der Waals surface area contributed by atoms with E-state index in [1.54, 1.807) is 0 Å². The van der Waals surface area contributed by atoms with Gasteiger partial charge in [0.1, 0.15) is 0 Å². The maximum atomic E-state index is 11.4. The molecular weight excluding hydrogens is 260 g/mol. The highest BCUT2D eigenvalue weighted by Gasteiger charge is 2.21. The van der Waals surface area contributed by atoms with Gasteiger partial charge in [0, 0.05) is 30.1 Å². The Hall–Kier alpha value is -1.06. The molecule has 0 aromatic heterocycles. The lowest BCUT2D eigenvalue weighted by Gasteiger charge is -2.15. The van der Waals surface area contributed by atoms with Gasteiger partial charge in [0.15, 0.2) is 0 Å². The predicted molar refractivity (Wildman–Crippen MR) is 78.4 cm³/mol. The Morgan fingerprint density at radius 2 is 2.21 bits per heavy atom. The summed E-state index contributed by atoms with van der Waals surface area (Å²) < 4.78 is 0. The molecule has 0 saturated heterocycles. The van der Waals surface area contributed by atoms with Crippen molar-refractivity contribution in [2.75, 3.05) is 13.1 Å². The van der Waals surface area contributed by atoms with E-state index in [1.165, 1.54) is 11.1 Å². The third-order valence-corrected chi connectivity index (χ3v) is 3.76. The Kier molecular flexibility index (Phi) is 4.83. The lowest BCUT2D eigenvalue weighted by molar-refractivity contribution is -0.123. The molecule has 0 heterocycles. The number of rotatable bonds is 5. The molecule has 1 amide bonds. The van der Waals surface area contributed by atoms with Crippen molar-refractivity contribution < 1.29 is 4.79 Å². The van der Waals surface area contributed by atoms with E-state index >= 15 is 0 Å². The number of fused-ring (bicyclic) bond motifs is 1. The first-order valence-corrected chi connectivity index (χ1v) is 7.25. The van der Waals surface area contributed by atoms with Crippen LogP contribution in [0.5, 0.6) is 0 Å². The minimum absolute atomic E-state index is 0.0503. The van der Waals surface area contributed by atoms with Crippen molar-refractivity contribution in [1.82, 2.24) is 10.6 Å². The summed E-state index contributed by atoms with van der Waals surface area (Å²) in [5.74, 6) is 0.162. The molecule has 0 aliphatic heterocycles. The van der Waals surface area contributed by atoms with Gasteiger partial charge in [0.2, 0.25) is 5.91 Å². The van der Waals surface area contributed by atoms with Gasteiger partial charge >= 0.3 is 0 Å². The summed E-state index contributed by atoms with van der Waals surface area (Å²) in [5, 5.41) is 7.22. The van der Waals surface area contributed by atoms with Crippen LogP contribution in [-0.2, 0) is 11.2 Å². The molecule has 1 atom stereocenters. The first kappa shape index (κ1) is 14.4. The van der Waals surface area contributed by atoms with Crippen LogP contribution in [0.3, 0.4) is 0 Å². The third kappa shape index (κ3) is 3.71. The molecule has 0 spiro atoms. The summed E-state index contributed by atoms with van der Waals surface area (Å²) in [7, 11) is 0. The smallest absolute Gasteiger partial charge is 0.222 e. The fraction of sp³-hybridized carbons (Fsp3) is 0.533. The summed E-state index contributed by atoms with van der Waals surface area (Å²) in [6.45, 7) is 5.28. The van der Waals surface area contributed by atoms with Gasteiger partial charge in [-0.05, 0) is 36.1 Å². The van der Waals surface area contributed by atoms with Gasteiger partial charge in [-0.2, -0.15) is 0 Å². The number of hydrogen-bond acceptors (Lipinski definition) is 2. The molecule has 1 aromatic carbocycles. The van der Waals surface area contributed by atoms with Gasteiger partial charge in [-0.15, -0.1) is 0 Å². The summed E-state index contributed by atoms with van der Waals surface area (Å²) in [4.78, 5) is 11.4. The molecule has 1 aromatic rings. The van der Waals surface area contributed by atoms with Crippen LogP contribution in [0.25, 0.3) is 0 Å². The van der Waals surface area contributed by atoms with E-state index in [2.05, 4.69) is 22.8 Å². The molecule has 0 radical (unpaired) electrons. The van der Waals surface area contributed by atoms with Crippen molar-refractivity contribution in [2.24, 2.45) is 5.92 Å². The number of amides is 1. The number of hydrogen-bond donors (Lipinski definition) is 2. The Morgan fingerprint density at radius 3 is 2.95 bits per heavy atom. The maximum Gasteiger partial charge on any atom is 0.222 e. The van der Waals surface area contributed by atoms with Crippen molar-refractivity contribution in [3.63, 3.8) is 0 Å². The zero-order chi connectivity index (χ0) is 13.8. The average Bonchev–Trinajstić information content (AvgIpc) is 2.76. The topological polar surface area (TPSA) is 41.1 Å². The molecule has 3 nitrogen and oxygen atoms in total. The molecule has 19 heavy (non-hydrogen) atoms. The quantitative estimate of drug-likeness (QED) is 0.814. The lowest BCUT2D eigenvalue weighted by atomic mass is 10.1. The largest absolute Gasteiger partial charge is 0.355 e. The van der Waals surface area contributed by atoms with Crippen molar-refractivity contribution in [3.05, 3.63) is 34.3 Å². The van der Waals surface area contributed by atoms with Crippen LogP contribution in [-0.4, -0.2) is 19.0 Å². The van der Waals surface area contributed by atoms with Crippen molar-refractivity contribution in [2.45, 2.75) is 32.7 Å². The molecule has 2 rings (SSSR count). The van der Waals surface area contributed by atoms with Crippen molar-refractivity contribution >= 4 is 17.5 Å². The van der Waals surface area contributed by atoms with E-state index in [9.17, 15) is 4.79 Å². The van der Waals surface area contributed by atoms with Crippen LogP contribution >= 0.6 is 11.6 Å². The van der Waals surface area contributed by atoms with E-state index < -0.39 is 0 Å². The Bertz CT molecular complexity index is 459. The van der Waals surface area contributed by atoms with E-state index in [1.807, 2.05) is 19.9 Å². The molecule has 2 N–H and O–H groups in total. The number of carbonyl (C=O) groups is 1. The van der Waals surface area contributed by atoms with Gasteiger partial charge in [-0.1, -0.05) is 31.5 Å². The standard InChI is InChI=1S/C15H21ClN2O/c1-10(2)15(19)18-8-7-17-14-6-3-11-9-12(16)4-5-13(11)14/h4-5,9-10,14,17H,3,6-8H2,1-2H3,(H,18,19). The van der Waals surface area contributed by atoms with Crippen LogP contribution in [0.1, 0.15) is 37.4 Å². The van der Waals surface area contributed by atoms with Crippen LogP contribution in [0.4, 0.5) is 0 Å². The van der Waals surface area contributed by atoms with Crippen molar-refractivity contribution in [1.29, 1.82) is 0 Å². The number of halogens is 1. The second kappa shape index (κ2) is 6.40. The van der Waals surface area contributed by atoms with E-state index in [4.69, 9.17) is 11.6 Å². The SMILES string of the molecule is CC(C)C(=O)NCCNC1CCc2cc(Cl)ccc21. The van der Waals surface area contributed by atoms with Crippen LogP contribution in [0, 0.1) is 5.92 Å². The van der Waals surface area contributed by atoms with Crippen LogP contribution in [0.2, 0.25) is 5.02 Å². The Labute approximate surface area is 119 Å². The highest BCUT2D eigenvalue weighted by atomic mass is 35.5. The fourth-order valence-electron chi connectivity index (χ4n) is 2.43. The van der Waals surface area contributed by atoms with Gasteiger partial charge < -0.3 is 10.6 Å². The number of benzene rings is 1. The summed E-state index contributed by atoms with van der Waals surface area (Å²) in [5.41, 5.74) is 2.69. The molecule has 0 fully saturated rings. The lowest BCUT2D eigenvalue weighted by Crippen LogP contribution is -2.35. The molecule has 0 saturated carbocycles. The highest BCUT2D eigenvalue weighted by molar-refractivity contribution is 6.30. The van der Waals surface area contributed by atoms with Crippen LogP contribution in [0.15, 0.2) is 18.2 Å². The predicted octanol–water partition coefficient (Wildman–Crippen LogP) is 2.69. The van der Waals surface area contributed by atoms with E-state index in [-0.39, 0.29) is 11.8 Å². The molecule has 4 heteroatoms. The molecule has 1 aliphatic carbocycles. The highest BCUT2D eigenvalue weighted by Crippen LogP contribution is 2.32. The summed E-state index contributed by atoms with van der Waals surface area (Å²) >= 11 is 5.99. The van der Waals surface area contributed by atoms with E-state index in [0.29, 0.717) is 12.6 Å². The average molecular weight is 281 g/mol. The second-order valence-corrected chi connectivity index (χ2v) is 5.77.